The molecule has 160 valence electrons. The number of anilines is 1. The molecule has 1 saturated heterocycles. The van der Waals surface area contributed by atoms with Crippen LogP contribution in [-0.2, 0) is 22.3 Å². The Morgan fingerprint density at radius 3 is 2.53 bits per heavy atom. The van der Waals surface area contributed by atoms with Crippen LogP contribution in [0.15, 0.2) is 42.5 Å². The molecule has 1 aliphatic heterocycles. The molecule has 1 fully saturated rings. The summed E-state index contributed by atoms with van der Waals surface area (Å²) in [6.07, 6.45) is -4.53. The van der Waals surface area contributed by atoms with Crippen LogP contribution in [0, 0.1) is 12.8 Å². The summed E-state index contributed by atoms with van der Waals surface area (Å²) in [4.78, 5) is 26.6. The van der Waals surface area contributed by atoms with Crippen LogP contribution in [0.5, 0.6) is 5.75 Å². The Labute approximate surface area is 172 Å². The number of likely N-dealkylation sites (tertiary alicyclic amines) is 1. The average Bonchev–Trinajstić information content (AvgIpc) is 3.05. The van der Waals surface area contributed by atoms with Crippen LogP contribution in [0.3, 0.4) is 0 Å². The molecule has 0 radical (unpaired) electrons. The first-order valence-electron chi connectivity index (χ1n) is 9.65. The van der Waals surface area contributed by atoms with Crippen molar-refractivity contribution < 1.29 is 27.5 Å². The molecule has 0 aromatic heterocycles. The molecule has 0 bridgehead atoms. The molecule has 2 aromatic carbocycles. The van der Waals surface area contributed by atoms with Crippen LogP contribution >= 0.6 is 0 Å². The van der Waals surface area contributed by atoms with E-state index >= 15 is 0 Å². The third kappa shape index (κ3) is 5.11. The van der Waals surface area contributed by atoms with E-state index in [4.69, 9.17) is 4.74 Å². The van der Waals surface area contributed by atoms with Crippen molar-refractivity contribution in [3.05, 3.63) is 59.2 Å². The van der Waals surface area contributed by atoms with Gasteiger partial charge in [-0.15, -0.1) is 0 Å². The van der Waals surface area contributed by atoms with Crippen LogP contribution in [0.2, 0.25) is 0 Å². The Balaban J connectivity index is 1.71. The third-order valence-electron chi connectivity index (χ3n) is 4.94. The number of alkyl halides is 3. The van der Waals surface area contributed by atoms with Gasteiger partial charge in [0, 0.05) is 19.5 Å². The number of halogens is 3. The van der Waals surface area contributed by atoms with Gasteiger partial charge < -0.3 is 15.0 Å². The lowest BCUT2D eigenvalue weighted by Gasteiger charge is -2.18. The lowest BCUT2D eigenvalue weighted by Crippen LogP contribution is -2.28. The second-order valence-electron chi connectivity index (χ2n) is 7.29. The summed E-state index contributed by atoms with van der Waals surface area (Å²) >= 11 is 0. The van der Waals surface area contributed by atoms with E-state index < -0.39 is 23.6 Å². The zero-order chi connectivity index (χ0) is 21.9. The van der Waals surface area contributed by atoms with Crippen molar-refractivity contribution in [2.75, 3.05) is 18.5 Å². The molecule has 1 heterocycles. The molecule has 8 heteroatoms. The van der Waals surface area contributed by atoms with Crippen molar-refractivity contribution in [2.24, 2.45) is 5.92 Å². The van der Waals surface area contributed by atoms with Crippen molar-refractivity contribution in [3.8, 4) is 5.75 Å². The van der Waals surface area contributed by atoms with Gasteiger partial charge in [0.15, 0.2) is 0 Å². The SMILES string of the molecule is CCOc1ccc(C(F)(F)F)cc1NC(=O)C1CC(=O)N(Cc2ccc(C)cc2)C1. The van der Waals surface area contributed by atoms with Crippen LogP contribution in [0.25, 0.3) is 0 Å². The number of ether oxygens (including phenoxy) is 1. The second kappa shape index (κ2) is 8.77. The number of rotatable bonds is 6. The highest BCUT2D eigenvalue weighted by Gasteiger charge is 2.35. The molecular weight excluding hydrogens is 397 g/mol. The third-order valence-corrected chi connectivity index (χ3v) is 4.94. The smallest absolute Gasteiger partial charge is 0.416 e. The van der Waals surface area contributed by atoms with Gasteiger partial charge in [0.25, 0.3) is 0 Å². The van der Waals surface area contributed by atoms with Crippen molar-refractivity contribution in [2.45, 2.75) is 33.0 Å². The number of hydrogen-bond donors (Lipinski definition) is 1. The highest BCUT2D eigenvalue weighted by atomic mass is 19.4. The molecule has 0 aliphatic carbocycles. The van der Waals surface area contributed by atoms with Gasteiger partial charge in [-0.1, -0.05) is 29.8 Å². The van der Waals surface area contributed by atoms with Crippen molar-refractivity contribution in [3.63, 3.8) is 0 Å². The lowest BCUT2D eigenvalue weighted by molar-refractivity contribution is -0.137. The number of hydrogen-bond acceptors (Lipinski definition) is 3. The van der Waals surface area contributed by atoms with Gasteiger partial charge in [-0.25, -0.2) is 0 Å². The van der Waals surface area contributed by atoms with Crippen LogP contribution < -0.4 is 10.1 Å². The van der Waals surface area contributed by atoms with E-state index in [1.165, 1.54) is 6.07 Å². The molecule has 1 aliphatic rings. The Kier molecular flexibility index (Phi) is 6.34. The van der Waals surface area contributed by atoms with Crippen molar-refractivity contribution >= 4 is 17.5 Å². The Morgan fingerprint density at radius 1 is 1.20 bits per heavy atom. The van der Waals surface area contributed by atoms with Gasteiger partial charge in [0.05, 0.1) is 23.8 Å². The van der Waals surface area contributed by atoms with E-state index in [9.17, 15) is 22.8 Å². The van der Waals surface area contributed by atoms with E-state index in [1.54, 1.807) is 11.8 Å². The second-order valence-corrected chi connectivity index (χ2v) is 7.29. The predicted molar refractivity (Wildman–Crippen MR) is 106 cm³/mol. The molecule has 5 nitrogen and oxygen atoms in total. The van der Waals surface area contributed by atoms with Crippen molar-refractivity contribution in [1.82, 2.24) is 4.90 Å². The zero-order valence-corrected chi connectivity index (χ0v) is 16.8. The first kappa shape index (κ1) is 21.7. The molecule has 0 saturated carbocycles. The molecule has 2 amide bonds. The van der Waals surface area contributed by atoms with Gasteiger partial charge in [0.1, 0.15) is 5.75 Å². The van der Waals surface area contributed by atoms with Gasteiger partial charge in [-0.05, 0) is 37.6 Å². The zero-order valence-electron chi connectivity index (χ0n) is 16.8. The number of nitrogens with zero attached hydrogens (tertiary/aromatic N) is 1. The molecular formula is C22H23F3N2O3. The fourth-order valence-electron chi connectivity index (χ4n) is 3.33. The van der Waals surface area contributed by atoms with E-state index in [1.807, 2.05) is 31.2 Å². The summed E-state index contributed by atoms with van der Waals surface area (Å²) in [6.45, 7) is 4.50. The Bertz CT molecular complexity index is 926. The van der Waals surface area contributed by atoms with E-state index in [-0.39, 0.29) is 36.9 Å². The Morgan fingerprint density at radius 2 is 1.90 bits per heavy atom. The molecule has 1 unspecified atom stereocenters. The Hall–Kier alpha value is -3.03. The number of carbonyl (C=O) groups is 2. The topological polar surface area (TPSA) is 58.6 Å². The molecule has 0 spiro atoms. The monoisotopic (exact) mass is 420 g/mol. The van der Waals surface area contributed by atoms with Gasteiger partial charge in [-0.3, -0.25) is 9.59 Å². The number of aryl methyl sites for hydroxylation is 1. The van der Waals surface area contributed by atoms with Gasteiger partial charge in [-0.2, -0.15) is 13.2 Å². The fourth-order valence-corrected chi connectivity index (χ4v) is 3.33. The minimum Gasteiger partial charge on any atom is -0.492 e. The van der Waals surface area contributed by atoms with E-state index in [2.05, 4.69) is 5.32 Å². The van der Waals surface area contributed by atoms with E-state index in [0.717, 1.165) is 23.3 Å². The summed E-state index contributed by atoms with van der Waals surface area (Å²) in [6, 6.07) is 10.7. The maximum absolute atomic E-state index is 13.1. The number of amides is 2. The first-order valence-corrected chi connectivity index (χ1v) is 9.65. The number of carbonyl (C=O) groups excluding carboxylic acids is 2. The summed E-state index contributed by atoms with van der Waals surface area (Å²) in [5, 5.41) is 2.52. The maximum atomic E-state index is 13.1. The van der Waals surface area contributed by atoms with E-state index in [0.29, 0.717) is 6.54 Å². The summed E-state index contributed by atoms with van der Waals surface area (Å²) in [5.41, 5.74) is 1.12. The molecule has 2 aromatic rings. The summed E-state index contributed by atoms with van der Waals surface area (Å²) in [5.74, 6) is -1.16. The highest BCUT2D eigenvalue weighted by Crippen LogP contribution is 2.35. The quantitative estimate of drug-likeness (QED) is 0.754. The van der Waals surface area contributed by atoms with Crippen LogP contribution in [-0.4, -0.2) is 29.9 Å². The normalized spacial score (nSPS) is 16.6. The minimum absolute atomic E-state index is 0.0145. The standard InChI is InChI=1S/C22H23F3N2O3/c1-3-30-19-9-8-17(22(23,24)25)11-18(19)26-21(29)16-10-20(28)27(13-16)12-15-6-4-14(2)5-7-15/h4-9,11,16H,3,10,12-13H2,1-2H3,(H,26,29). The average molecular weight is 420 g/mol. The molecule has 3 rings (SSSR count). The van der Waals surface area contributed by atoms with Crippen LogP contribution in [0.1, 0.15) is 30.0 Å². The molecule has 1 atom stereocenters. The lowest BCUT2D eigenvalue weighted by atomic mass is 10.1. The predicted octanol–water partition coefficient (Wildman–Crippen LogP) is 4.40. The number of benzene rings is 2. The van der Waals surface area contributed by atoms with Crippen molar-refractivity contribution in [1.29, 1.82) is 0 Å². The molecule has 30 heavy (non-hydrogen) atoms. The summed E-state index contributed by atoms with van der Waals surface area (Å²) < 4.78 is 44.5. The highest BCUT2D eigenvalue weighted by molar-refractivity contribution is 5.98. The number of nitrogens with one attached hydrogen (secondary N) is 1. The maximum Gasteiger partial charge on any atom is 0.416 e. The minimum atomic E-state index is -4.54. The van der Waals surface area contributed by atoms with Gasteiger partial charge >= 0.3 is 6.18 Å². The van der Waals surface area contributed by atoms with Crippen LogP contribution in [0.4, 0.5) is 18.9 Å². The molecule has 1 N–H and O–H groups in total. The van der Waals surface area contributed by atoms with Gasteiger partial charge in [0.2, 0.25) is 11.8 Å². The fraction of sp³-hybridized carbons (Fsp3) is 0.364. The largest absolute Gasteiger partial charge is 0.492 e. The first-order chi connectivity index (χ1) is 14.2. The summed E-state index contributed by atoms with van der Waals surface area (Å²) in [7, 11) is 0.